The maximum absolute atomic E-state index is 12.0. The maximum Gasteiger partial charge on any atom is 0.227 e. The molecule has 0 aliphatic heterocycles. The van der Waals surface area contributed by atoms with Crippen molar-refractivity contribution < 1.29 is 4.79 Å². The van der Waals surface area contributed by atoms with E-state index >= 15 is 0 Å². The molecule has 0 spiro atoms. The van der Waals surface area contributed by atoms with Gasteiger partial charge < -0.3 is 16.0 Å². The molecule has 0 fully saturated rings. The van der Waals surface area contributed by atoms with E-state index in [1.165, 1.54) is 0 Å². The smallest absolute Gasteiger partial charge is 0.227 e. The quantitative estimate of drug-likeness (QED) is 0.308. The van der Waals surface area contributed by atoms with Crippen LogP contribution in [0.25, 0.3) is 0 Å². The minimum Gasteiger partial charge on any atom is -0.357 e. The molecule has 0 aliphatic rings. The predicted octanol–water partition coefficient (Wildman–Crippen LogP) is 3.17. The molecule has 148 valence electrons. The summed E-state index contributed by atoms with van der Waals surface area (Å²) in [4.78, 5) is 26.3. The second kappa shape index (κ2) is 11.9. The molecule has 7 nitrogen and oxygen atoms in total. The van der Waals surface area contributed by atoms with Gasteiger partial charge in [0.1, 0.15) is 5.82 Å². The molecule has 0 aliphatic carbocycles. The predicted molar refractivity (Wildman–Crippen MR) is 122 cm³/mol. The van der Waals surface area contributed by atoms with Gasteiger partial charge >= 0.3 is 0 Å². The third-order valence-corrected chi connectivity index (χ3v) is 4.61. The zero-order valence-electron chi connectivity index (χ0n) is 16.1. The van der Waals surface area contributed by atoms with Crippen molar-refractivity contribution in [3.05, 3.63) is 39.5 Å². The third kappa shape index (κ3) is 8.21. The Morgan fingerprint density at radius 2 is 2.00 bits per heavy atom. The summed E-state index contributed by atoms with van der Waals surface area (Å²) < 4.78 is 0. The highest BCUT2D eigenvalue weighted by Gasteiger charge is 2.06. The van der Waals surface area contributed by atoms with Crippen molar-refractivity contribution in [2.45, 2.75) is 40.7 Å². The maximum atomic E-state index is 12.0. The third-order valence-electron chi connectivity index (χ3n) is 3.55. The van der Waals surface area contributed by atoms with Gasteiger partial charge in [0.25, 0.3) is 0 Å². The molecule has 3 N–H and O–H groups in total. The lowest BCUT2D eigenvalue weighted by atomic mass is 10.3. The molecule has 0 unspecified atom stereocenters. The van der Waals surface area contributed by atoms with Crippen LogP contribution in [0.2, 0.25) is 0 Å². The summed E-state index contributed by atoms with van der Waals surface area (Å²) >= 11 is 1.66. The molecular formula is C18H27IN6OS. The molecular weight excluding hydrogens is 475 g/mol. The number of aryl methyl sites for hydroxylation is 3. The van der Waals surface area contributed by atoms with Crippen molar-refractivity contribution in [2.24, 2.45) is 4.99 Å². The highest BCUT2D eigenvalue weighted by molar-refractivity contribution is 14.0. The number of hydrogen-bond acceptors (Lipinski definition) is 5. The Morgan fingerprint density at radius 3 is 2.59 bits per heavy atom. The van der Waals surface area contributed by atoms with Crippen LogP contribution in [-0.4, -0.2) is 34.9 Å². The molecule has 0 bridgehead atoms. The lowest BCUT2D eigenvalue weighted by Gasteiger charge is -2.11. The lowest BCUT2D eigenvalue weighted by molar-refractivity contribution is -0.116. The fourth-order valence-corrected chi connectivity index (χ4v) is 3.12. The second-order valence-electron chi connectivity index (χ2n) is 5.88. The first-order chi connectivity index (χ1) is 12.5. The SMILES string of the molecule is CCNC(=NCc1sc(C)nc1C)NCCC(=O)Nc1ccc(C)cn1.I. The molecule has 2 heterocycles. The average molecular weight is 502 g/mol. The van der Waals surface area contributed by atoms with E-state index in [-0.39, 0.29) is 29.9 Å². The average Bonchev–Trinajstić information content (AvgIpc) is 2.92. The van der Waals surface area contributed by atoms with E-state index in [1.54, 1.807) is 23.6 Å². The van der Waals surface area contributed by atoms with Gasteiger partial charge in [-0.1, -0.05) is 6.07 Å². The van der Waals surface area contributed by atoms with Gasteiger partial charge in [0.05, 0.1) is 17.2 Å². The Kier molecular flexibility index (Phi) is 10.2. The number of rotatable bonds is 7. The monoisotopic (exact) mass is 502 g/mol. The summed E-state index contributed by atoms with van der Waals surface area (Å²) in [5.74, 6) is 1.18. The van der Waals surface area contributed by atoms with E-state index < -0.39 is 0 Å². The topological polar surface area (TPSA) is 91.3 Å². The molecule has 0 saturated heterocycles. The molecule has 0 aromatic carbocycles. The number of anilines is 1. The number of carbonyl (C=O) groups excluding carboxylic acids is 1. The standard InChI is InChI=1S/C18H26N6OS.HI/c1-5-19-18(22-11-15-13(3)23-14(4)26-15)20-9-8-17(25)24-16-7-6-12(2)10-21-16;/h6-7,10H,5,8-9,11H2,1-4H3,(H2,19,20,22)(H,21,24,25);1H. The van der Waals surface area contributed by atoms with Crippen LogP contribution in [0.15, 0.2) is 23.3 Å². The van der Waals surface area contributed by atoms with Gasteiger partial charge in [-0.3, -0.25) is 4.79 Å². The molecule has 0 radical (unpaired) electrons. The Morgan fingerprint density at radius 1 is 1.22 bits per heavy atom. The van der Waals surface area contributed by atoms with Crippen molar-refractivity contribution in [2.75, 3.05) is 18.4 Å². The number of thiazole rings is 1. The fraction of sp³-hybridized carbons (Fsp3) is 0.444. The number of carbonyl (C=O) groups is 1. The number of amides is 1. The van der Waals surface area contributed by atoms with Crippen LogP contribution in [-0.2, 0) is 11.3 Å². The summed E-state index contributed by atoms with van der Waals surface area (Å²) in [6.07, 6.45) is 2.06. The van der Waals surface area contributed by atoms with Gasteiger partial charge in [0.15, 0.2) is 5.96 Å². The number of nitrogens with zero attached hydrogens (tertiary/aromatic N) is 3. The summed E-state index contributed by atoms with van der Waals surface area (Å²) in [6, 6.07) is 3.71. The highest BCUT2D eigenvalue weighted by Crippen LogP contribution is 2.17. The number of nitrogens with one attached hydrogen (secondary N) is 3. The van der Waals surface area contributed by atoms with Crippen LogP contribution < -0.4 is 16.0 Å². The van der Waals surface area contributed by atoms with Gasteiger partial charge in [-0.2, -0.15) is 0 Å². The Balaban J connectivity index is 0.00000364. The van der Waals surface area contributed by atoms with Crippen LogP contribution >= 0.6 is 35.3 Å². The van der Waals surface area contributed by atoms with E-state index in [1.807, 2.05) is 33.8 Å². The fourth-order valence-electron chi connectivity index (χ4n) is 2.25. The second-order valence-corrected chi connectivity index (χ2v) is 7.17. The first kappa shape index (κ1) is 23.3. The van der Waals surface area contributed by atoms with Crippen LogP contribution in [0, 0.1) is 20.8 Å². The first-order valence-corrected chi connectivity index (χ1v) is 9.47. The first-order valence-electron chi connectivity index (χ1n) is 8.65. The van der Waals surface area contributed by atoms with Gasteiger partial charge in [0.2, 0.25) is 5.91 Å². The molecule has 2 aromatic rings. The molecule has 0 atom stereocenters. The minimum absolute atomic E-state index is 0. The Bertz CT molecular complexity index is 760. The number of aromatic nitrogens is 2. The van der Waals surface area contributed by atoms with Crippen LogP contribution in [0.5, 0.6) is 0 Å². The largest absolute Gasteiger partial charge is 0.357 e. The van der Waals surface area contributed by atoms with Gasteiger partial charge in [-0.05, 0) is 39.3 Å². The van der Waals surface area contributed by atoms with Crippen molar-refractivity contribution in [1.29, 1.82) is 0 Å². The zero-order valence-corrected chi connectivity index (χ0v) is 19.3. The molecule has 2 aromatic heterocycles. The van der Waals surface area contributed by atoms with E-state index in [0.717, 1.165) is 27.7 Å². The Hall–Kier alpha value is -1.75. The summed E-state index contributed by atoms with van der Waals surface area (Å²) in [6.45, 7) is 9.78. The normalized spacial score (nSPS) is 10.9. The van der Waals surface area contributed by atoms with Crippen molar-refractivity contribution in [3.8, 4) is 0 Å². The highest BCUT2D eigenvalue weighted by atomic mass is 127. The Labute approximate surface area is 181 Å². The number of pyridine rings is 1. The lowest BCUT2D eigenvalue weighted by Crippen LogP contribution is -2.38. The molecule has 9 heteroatoms. The molecule has 0 saturated carbocycles. The van der Waals surface area contributed by atoms with Gasteiger partial charge in [-0.15, -0.1) is 35.3 Å². The molecule has 1 amide bonds. The summed E-state index contributed by atoms with van der Waals surface area (Å²) in [7, 11) is 0. The minimum atomic E-state index is -0.0846. The van der Waals surface area contributed by atoms with E-state index in [0.29, 0.717) is 31.3 Å². The number of guanidine groups is 1. The summed E-state index contributed by atoms with van der Waals surface area (Å²) in [5.41, 5.74) is 2.08. The van der Waals surface area contributed by atoms with Crippen LogP contribution in [0.3, 0.4) is 0 Å². The van der Waals surface area contributed by atoms with Gasteiger partial charge in [0, 0.05) is 30.6 Å². The molecule has 2 rings (SSSR count). The van der Waals surface area contributed by atoms with Crippen molar-refractivity contribution >= 4 is 53.0 Å². The van der Waals surface area contributed by atoms with Gasteiger partial charge in [-0.25, -0.2) is 15.0 Å². The molecule has 27 heavy (non-hydrogen) atoms. The van der Waals surface area contributed by atoms with E-state index in [9.17, 15) is 4.79 Å². The summed E-state index contributed by atoms with van der Waals surface area (Å²) in [5, 5.41) is 10.2. The van der Waals surface area contributed by atoms with E-state index in [4.69, 9.17) is 0 Å². The zero-order chi connectivity index (χ0) is 18.9. The van der Waals surface area contributed by atoms with Crippen molar-refractivity contribution in [1.82, 2.24) is 20.6 Å². The van der Waals surface area contributed by atoms with Crippen molar-refractivity contribution in [3.63, 3.8) is 0 Å². The van der Waals surface area contributed by atoms with Crippen LogP contribution in [0.1, 0.15) is 34.5 Å². The number of hydrogen-bond donors (Lipinski definition) is 3. The number of halogens is 1. The van der Waals surface area contributed by atoms with E-state index in [2.05, 4.69) is 30.9 Å². The number of aliphatic imine (C=N–C) groups is 1. The van der Waals surface area contributed by atoms with Crippen LogP contribution in [0.4, 0.5) is 5.82 Å².